The van der Waals surface area contributed by atoms with Crippen LogP contribution >= 0.6 is 23.4 Å². The van der Waals surface area contributed by atoms with Gasteiger partial charge in [0.25, 0.3) is 10.0 Å². The van der Waals surface area contributed by atoms with Crippen LogP contribution in [0, 0.1) is 6.92 Å². The third-order valence-corrected chi connectivity index (χ3v) is 5.33. The molecule has 0 spiro atoms. The number of thioether (sulfide) groups is 1. The minimum absolute atomic E-state index is 0.134. The fourth-order valence-electron chi connectivity index (χ4n) is 1.68. The van der Waals surface area contributed by atoms with E-state index >= 15 is 0 Å². The summed E-state index contributed by atoms with van der Waals surface area (Å²) in [5.74, 6) is 0. The van der Waals surface area contributed by atoms with Gasteiger partial charge in [-0.2, -0.15) is 0 Å². The van der Waals surface area contributed by atoms with Crippen LogP contribution in [0.5, 0.6) is 0 Å². The standard InChI is InChI=1S/C13H13ClN2O2S2/c1-9-7-8-15-13(14)12(9)16-20(17,18)11-6-4-3-5-10(11)19-2/h3-8,16H,1-2H3. The van der Waals surface area contributed by atoms with Crippen molar-refractivity contribution < 1.29 is 8.42 Å². The number of anilines is 1. The fraction of sp³-hybridized carbons (Fsp3) is 0.154. The molecule has 0 aliphatic heterocycles. The maximum atomic E-state index is 12.5. The van der Waals surface area contributed by atoms with Crippen LogP contribution < -0.4 is 4.72 Å². The van der Waals surface area contributed by atoms with Crippen molar-refractivity contribution >= 4 is 39.1 Å². The van der Waals surface area contributed by atoms with Gasteiger partial charge in [-0.3, -0.25) is 4.72 Å². The van der Waals surface area contributed by atoms with Crippen LogP contribution in [0.15, 0.2) is 46.3 Å². The molecule has 1 N–H and O–H groups in total. The number of pyridine rings is 1. The maximum absolute atomic E-state index is 12.5. The summed E-state index contributed by atoms with van der Waals surface area (Å²) in [6.07, 6.45) is 3.36. The average Bonchev–Trinajstić information content (AvgIpc) is 2.43. The normalized spacial score (nSPS) is 11.3. The second kappa shape index (κ2) is 6.03. The Bertz CT molecular complexity index is 713. The Morgan fingerprint density at radius 3 is 2.60 bits per heavy atom. The number of halogens is 1. The molecular weight excluding hydrogens is 316 g/mol. The maximum Gasteiger partial charge on any atom is 0.263 e. The number of hydrogen-bond acceptors (Lipinski definition) is 4. The molecular formula is C13H13ClN2O2S2. The number of sulfonamides is 1. The van der Waals surface area contributed by atoms with E-state index in [-0.39, 0.29) is 10.0 Å². The highest BCUT2D eigenvalue weighted by molar-refractivity contribution is 7.99. The SMILES string of the molecule is CSc1ccccc1S(=O)(=O)Nc1c(C)ccnc1Cl. The van der Waals surface area contributed by atoms with Crippen molar-refractivity contribution in [3.63, 3.8) is 0 Å². The van der Waals surface area contributed by atoms with Gasteiger partial charge in [-0.1, -0.05) is 23.7 Å². The molecule has 0 unspecified atom stereocenters. The Kier molecular flexibility index (Phi) is 4.57. The van der Waals surface area contributed by atoms with Gasteiger partial charge in [0.05, 0.1) is 5.69 Å². The van der Waals surface area contributed by atoms with E-state index in [0.29, 0.717) is 10.6 Å². The molecule has 0 aliphatic rings. The minimum Gasteiger partial charge on any atom is -0.276 e. The van der Waals surface area contributed by atoms with E-state index in [2.05, 4.69) is 9.71 Å². The summed E-state index contributed by atoms with van der Waals surface area (Å²) in [5.41, 5.74) is 1.03. The number of aryl methyl sites for hydroxylation is 1. The molecule has 0 saturated heterocycles. The summed E-state index contributed by atoms with van der Waals surface area (Å²) in [6.45, 7) is 1.77. The van der Waals surface area contributed by atoms with Crippen molar-refractivity contribution in [2.45, 2.75) is 16.7 Å². The molecule has 0 atom stereocenters. The van der Waals surface area contributed by atoms with E-state index < -0.39 is 10.0 Å². The third kappa shape index (κ3) is 3.08. The van der Waals surface area contributed by atoms with E-state index in [9.17, 15) is 8.42 Å². The van der Waals surface area contributed by atoms with Crippen LogP contribution in [0.3, 0.4) is 0 Å². The molecule has 20 heavy (non-hydrogen) atoms. The molecule has 0 aliphatic carbocycles. The van der Waals surface area contributed by atoms with Gasteiger partial charge < -0.3 is 0 Å². The molecule has 2 rings (SSSR count). The molecule has 4 nitrogen and oxygen atoms in total. The van der Waals surface area contributed by atoms with Crippen LogP contribution in [-0.2, 0) is 10.0 Å². The fourth-order valence-corrected chi connectivity index (χ4v) is 4.28. The Labute approximate surface area is 127 Å². The van der Waals surface area contributed by atoms with Gasteiger partial charge in [-0.05, 0) is 36.9 Å². The molecule has 106 valence electrons. The predicted octanol–water partition coefficient (Wildman–Crippen LogP) is 3.57. The van der Waals surface area contributed by atoms with E-state index in [4.69, 9.17) is 11.6 Å². The first-order valence-electron chi connectivity index (χ1n) is 5.72. The van der Waals surface area contributed by atoms with Gasteiger partial charge in [0.15, 0.2) is 5.15 Å². The second-order valence-electron chi connectivity index (χ2n) is 4.05. The lowest BCUT2D eigenvalue weighted by molar-refractivity contribution is 0.599. The van der Waals surface area contributed by atoms with Crippen molar-refractivity contribution in [3.05, 3.63) is 47.2 Å². The van der Waals surface area contributed by atoms with Gasteiger partial charge in [0.2, 0.25) is 0 Å². The number of benzene rings is 1. The van der Waals surface area contributed by atoms with Gasteiger partial charge in [0.1, 0.15) is 4.90 Å². The molecule has 0 bridgehead atoms. The van der Waals surface area contributed by atoms with Crippen LogP contribution in [0.2, 0.25) is 5.15 Å². The monoisotopic (exact) mass is 328 g/mol. The smallest absolute Gasteiger partial charge is 0.263 e. The highest BCUT2D eigenvalue weighted by Crippen LogP contribution is 2.29. The Morgan fingerprint density at radius 2 is 1.95 bits per heavy atom. The lowest BCUT2D eigenvalue weighted by atomic mass is 10.3. The van der Waals surface area contributed by atoms with Gasteiger partial charge in [-0.25, -0.2) is 13.4 Å². The lowest BCUT2D eigenvalue weighted by Gasteiger charge is -2.13. The van der Waals surface area contributed by atoms with Gasteiger partial charge >= 0.3 is 0 Å². The molecule has 0 saturated carbocycles. The van der Waals surface area contributed by atoms with Gasteiger partial charge in [0, 0.05) is 11.1 Å². The van der Waals surface area contributed by atoms with Crippen LogP contribution in [0.25, 0.3) is 0 Å². The molecule has 0 fully saturated rings. The highest BCUT2D eigenvalue weighted by Gasteiger charge is 2.20. The zero-order chi connectivity index (χ0) is 14.8. The molecule has 1 aromatic heterocycles. The topological polar surface area (TPSA) is 59.1 Å². The summed E-state index contributed by atoms with van der Waals surface area (Å²) in [5, 5.41) is 0.134. The first kappa shape index (κ1) is 15.2. The summed E-state index contributed by atoms with van der Waals surface area (Å²) in [4.78, 5) is 4.80. The van der Waals surface area contributed by atoms with Gasteiger partial charge in [-0.15, -0.1) is 11.8 Å². The van der Waals surface area contributed by atoms with E-state index in [1.165, 1.54) is 18.0 Å². The minimum atomic E-state index is -3.70. The number of nitrogens with zero attached hydrogens (tertiary/aromatic N) is 1. The van der Waals surface area contributed by atoms with Crippen molar-refractivity contribution in [2.24, 2.45) is 0 Å². The largest absolute Gasteiger partial charge is 0.276 e. The summed E-state index contributed by atoms with van der Waals surface area (Å²) in [6, 6.07) is 8.51. The average molecular weight is 329 g/mol. The van der Waals surface area contributed by atoms with Crippen LogP contribution in [-0.4, -0.2) is 19.7 Å². The Balaban J connectivity index is 2.47. The molecule has 2 aromatic rings. The second-order valence-corrected chi connectivity index (χ2v) is 6.91. The summed E-state index contributed by atoms with van der Waals surface area (Å²) in [7, 11) is -3.70. The number of nitrogens with one attached hydrogen (secondary N) is 1. The van der Waals surface area contributed by atoms with E-state index in [1.807, 2.05) is 6.26 Å². The summed E-state index contributed by atoms with van der Waals surface area (Å²) >= 11 is 7.33. The number of hydrogen-bond donors (Lipinski definition) is 1. The quantitative estimate of drug-likeness (QED) is 0.688. The van der Waals surface area contributed by atoms with Crippen LogP contribution in [0.1, 0.15) is 5.56 Å². The van der Waals surface area contributed by atoms with E-state index in [1.54, 1.807) is 37.3 Å². The summed E-state index contributed by atoms with van der Waals surface area (Å²) < 4.78 is 27.5. The van der Waals surface area contributed by atoms with Crippen molar-refractivity contribution in [1.29, 1.82) is 0 Å². The molecule has 0 radical (unpaired) electrons. The third-order valence-electron chi connectivity index (χ3n) is 2.71. The predicted molar refractivity (Wildman–Crippen MR) is 83.0 cm³/mol. The molecule has 1 heterocycles. The lowest BCUT2D eigenvalue weighted by Crippen LogP contribution is -2.15. The molecule has 0 amide bonds. The van der Waals surface area contributed by atoms with Crippen molar-refractivity contribution in [2.75, 3.05) is 11.0 Å². The first-order chi connectivity index (χ1) is 9.45. The van der Waals surface area contributed by atoms with Crippen molar-refractivity contribution in [1.82, 2.24) is 4.98 Å². The first-order valence-corrected chi connectivity index (χ1v) is 8.81. The highest BCUT2D eigenvalue weighted by atomic mass is 35.5. The Hall–Kier alpha value is -1.24. The molecule has 1 aromatic carbocycles. The molecule has 7 heteroatoms. The van der Waals surface area contributed by atoms with Crippen molar-refractivity contribution in [3.8, 4) is 0 Å². The number of aromatic nitrogens is 1. The van der Waals surface area contributed by atoms with Crippen LogP contribution in [0.4, 0.5) is 5.69 Å². The number of rotatable bonds is 4. The zero-order valence-corrected chi connectivity index (χ0v) is 13.3. The Morgan fingerprint density at radius 1 is 1.25 bits per heavy atom. The zero-order valence-electron chi connectivity index (χ0n) is 10.9. The van der Waals surface area contributed by atoms with E-state index in [0.717, 1.165) is 5.56 Å².